The summed E-state index contributed by atoms with van der Waals surface area (Å²) in [5.74, 6) is -1.30. The first-order valence-corrected chi connectivity index (χ1v) is 6.53. The Morgan fingerprint density at radius 3 is 2.84 bits per heavy atom. The molecule has 0 aromatic heterocycles. The van der Waals surface area contributed by atoms with Crippen molar-refractivity contribution >= 4 is 17.5 Å². The van der Waals surface area contributed by atoms with Gasteiger partial charge in [0.1, 0.15) is 5.82 Å². The van der Waals surface area contributed by atoms with Gasteiger partial charge >= 0.3 is 0 Å². The second kappa shape index (κ2) is 4.64. The molecular formula is C14H15FN2O2. The van der Waals surface area contributed by atoms with Gasteiger partial charge in [-0.15, -0.1) is 0 Å². The lowest BCUT2D eigenvalue weighted by Crippen LogP contribution is -2.43. The monoisotopic (exact) mass is 262 g/mol. The molecule has 100 valence electrons. The molecule has 3 rings (SSSR count). The van der Waals surface area contributed by atoms with Crippen molar-refractivity contribution in [3.05, 3.63) is 29.6 Å². The lowest BCUT2D eigenvalue weighted by molar-refractivity contribution is -0.127. The van der Waals surface area contributed by atoms with Crippen LogP contribution in [0.25, 0.3) is 0 Å². The van der Waals surface area contributed by atoms with E-state index in [1.54, 1.807) is 6.07 Å². The highest BCUT2D eigenvalue weighted by Crippen LogP contribution is 2.33. The molecule has 0 saturated heterocycles. The summed E-state index contributed by atoms with van der Waals surface area (Å²) in [6.45, 7) is 0. The van der Waals surface area contributed by atoms with Crippen LogP contribution in [0.3, 0.4) is 0 Å². The van der Waals surface area contributed by atoms with Crippen LogP contribution in [0.4, 0.5) is 10.1 Å². The Morgan fingerprint density at radius 2 is 2.16 bits per heavy atom. The van der Waals surface area contributed by atoms with Gasteiger partial charge in [-0.05, 0) is 37.0 Å². The van der Waals surface area contributed by atoms with Crippen LogP contribution in [0.15, 0.2) is 18.2 Å². The number of hydrogen-bond acceptors (Lipinski definition) is 2. The number of anilines is 1. The van der Waals surface area contributed by atoms with Gasteiger partial charge in [-0.2, -0.15) is 0 Å². The van der Waals surface area contributed by atoms with Crippen molar-refractivity contribution < 1.29 is 14.0 Å². The van der Waals surface area contributed by atoms with Crippen LogP contribution >= 0.6 is 0 Å². The molecule has 1 atom stereocenters. The first-order valence-electron chi connectivity index (χ1n) is 6.53. The summed E-state index contributed by atoms with van der Waals surface area (Å²) >= 11 is 0. The number of amides is 2. The minimum atomic E-state index is -0.509. The van der Waals surface area contributed by atoms with Crippen molar-refractivity contribution in [2.75, 3.05) is 5.32 Å². The van der Waals surface area contributed by atoms with E-state index in [1.165, 1.54) is 12.1 Å². The zero-order valence-electron chi connectivity index (χ0n) is 10.4. The van der Waals surface area contributed by atoms with E-state index in [2.05, 4.69) is 10.6 Å². The van der Waals surface area contributed by atoms with Gasteiger partial charge in [-0.25, -0.2) is 4.39 Å². The third-order valence-corrected chi connectivity index (χ3v) is 3.82. The molecule has 2 aliphatic rings. The molecule has 4 nitrogen and oxygen atoms in total. The molecule has 1 heterocycles. The second-order valence-corrected chi connectivity index (χ2v) is 5.17. The van der Waals surface area contributed by atoms with Gasteiger partial charge in [0, 0.05) is 18.2 Å². The van der Waals surface area contributed by atoms with Crippen LogP contribution in [0.5, 0.6) is 0 Å². The zero-order chi connectivity index (χ0) is 13.4. The summed E-state index contributed by atoms with van der Waals surface area (Å²) in [4.78, 5) is 23.8. The number of benzene rings is 1. The standard InChI is InChI=1S/C14H15FN2O2/c15-8-4-5-10-11(7-13(18)17-12(10)6-8)14(19)16-9-2-1-3-9/h4-6,9,11H,1-3,7H2,(H,16,19)(H,17,18). The average molecular weight is 262 g/mol. The molecule has 0 radical (unpaired) electrons. The number of carbonyl (C=O) groups excluding carboxylic acids is 2. The third-order valence-electron chi connectivity index (χ3n) is 3.82. The maximum absolute atomic E-state index is 13.2. The number of rotatable bonds is 2. The zero-order valence-corrected chi connectivity index (χ0v) is 10.4. The lowest BCUT2D eigenvalue weighted by Gasteiger charge is -2.30. The Morgan fingerprint density at radius 1 is 1.37 bits per heavy atom. The first kappa shape index (κ1) is 12.1. The van der Waals surface area contributed by atoms with E-state index in [4.69, 9.17) is 0 Å². The Labute approximate surface area is 110 Å². The number of hydrogen-bond donors (Lipinski definition) is 2. The molecule has 1 aliphatic heterocycles. The van der Waals surface area contributed by atoms with E-state index >= 15 is 0 Å². The van der Waals surface area contributed by atoms with Crippen LogP contribution < -0.4 is 10.6 Å². The van der Waals surface area contributed by atoms with Crippen molar-refractivity contribution in [3.63, 3.8) is 0 Å². The Bertz CT molecular complexity index is 540. The quantitative estimate of drug-likeness (QED) is 0.855. The van der Waals surface area contributed by atoms with Gasteiger partial charge in [0.2, 0.25) is 11.8 Å². The van der Waals surface area contributed by atoms with E-state index in [-0.39, 0.29) is 24.3 Å². The van der Waals surface area contributed by atoms with E-state index in [9.17, 15) is 14.0 Å². The highest BCUT2D eigenvalue weighted by molar-refractivity contribution is 6.01. The largest absolute Gasteiger partial charge is 0.353 e. The molecular weight excluding hydrogens is 247 g/mol. The molecule has 1 aromatic carbocycles. The van der Waals surface area contributed by atoms with Crippen LogP contribution in [0.2, 0.25) is 0 Å². The molecule has 1 fully saturated rings. The predicted molar refractivity (Wildman–Crippen MR) is 68.2 cm³/mol. The van der Waals surface area contributed by atoms with E-state index in [0.29, 0.717) is 11.3 Å². The molecule has 1 aliphatic carbocycles. The van der Waals surface area contributed by atoms with Crippen LogP contribution in [-0.2, 0) is 9.59 Å². The maximum atomic E-state index is 13.2. The number of nitrogens with one attached hydrogen (secondary N) is 2. The predicted octanol–water partition coefficient (Wildman–Crippen LogP) is 1.92. The highest BCUT2D eigenvalue weighted by atomic mass is 19.1. The Kier molecular flexibility index (Phi) is 2.97. The fraction of sp³-hybridized carbons (Fsp3) is 0.429. The molecule has 0 spiro atoms. The topological polar surface area (TPSA) is 58.2 Å². The minimum Gasteiger partial charge on any atom is -0.353 e. The summed E-state index contributed by atoms with van der Waals surface area (Å²) in [5, 5.41) is 5.56. The summed E-state index contributed by atoms with van der Waals surface area (Å²) in [7, 11) is 0. The second-order valence-electron chi connectivity index (χ2n) is 5.17. The summed E-state index contributed by atoms with van der Waals surface area (Å²) < 4.78 is 13.2. The van der Waals surface area contributed by atoms with Gasteiger partial charge in [0.25, 0.3) is 0 Å². The fourth-order valence-electron chi connectivity index (χ4n) is 2.53. The number of fused-ring (bicyclic) bond motifs is 1. The Balaban J connectivity index is 1.85. The van der Waals surface area contributed by atoms with Crippen molar-refractivity contribution in [1.29, 1.82) is 0 Å². The maximum Gasteiger partial charge on any atom is 0.228 e. The van der Waals surface area contributed by atoms with Crippen LogP contribution in [-0.4, -0.2) is 17.9 Å². The third kappa shape index (κ3) is 2.32. The molecule has 1 aromatic rings. The van der Waals surface area contributed by atoms with Gasteiger partial charge < -0.3 is 10.6 Å². The highest BCUT2D eigenvalue weighted by Gasteiger charge is 2.32. The van der Waals surface area contributed by atoms with E-state index in [1.807, 2.05) is 0 Å². The van der Waals surface area contributed by atoms with Crippen molar-refractivity contribution in [2.24, 2.45) is 0 Å². The van der Waals surface area contributed by atoms with Gasteiger partial charge in [0.05, 0.1) is 5.92 Å². The summed E-state index contributed by atoms with van der Waals surface area (Å²) in [6.07, 6.45) is 3.26. The minimum absolute atomic E-state index is 0.122. The summed E-state index contributed by atoms with van der Waals surface area (Å²) in [6, 6.07) is 4.40. The molecule has 19 heavy (non-hydrogen) atoms. The van der Waals surface area contributed by atoms with Gasteiger partial charge in [-0.3, -0.25) is 9.59 Å². The number of halogens is 1. The average Bonchev–Trinajstić information content (AvgIpc) is 2.32. The van der Waals surface area contributed by atoms with Crippen molar-refractivity contribution in [2.45, 2.75) is 37.6 Å². The molecule has 1 saturated carbocycles. The Hall–Kier alpha value is -1.91. The lowest BCUT2D eigenvalue weighted by atomic mass is 9.87. The van der Waals surface area contributed by atoms with E-state index in [0.717, 1.165) is 19.3 Å². The van der Waals surface area contributed by atoms with Crippen LogP contribution in [0.1, 0.15) is 37.2 Å². The SMILES string of the molecule is O=C1CC(C(=O)NC2CCC2)c2ccc(F)cc2N1. The first-order chi connectivity index (χ1) is 9.13. The van der Waals surface area contributed by atoms with Crippen molar-refractivity contribution in [3.8, 4) is 0 Å². The van der Waals surface area contributed by atoms with Gasteiger partial charge in [-0.1, -0.05) is 6.07 Å². The normalized spacial score (nSPS) is 22.2. The molecule has 2 N–H and O–H groups in total. The molecule has 5 heteroatoms. The smallest absolute Gasteiger partial charge is 0.228 e. The molecule has 0 bridgehead atoms. The van der Waals surface area contributed by atoms with E-state index < -0.39 is 11.7 Å². The fourth-order valence-corrected chi connectivity index (χ4v) is 2.53. The van der Waals surface area contributed by atoms with Gasteiger partial charge in [0.15, 0.2) is 0 Å². The molecule has 1 unspecified atom stereocenters. The molecule has 2 amide bonds. The summed E-state index contributed by atoms with van der Waals surface area (Å²) in [5.41, 5.74) is 1.10. The van der Waals surface area contributed by atoms with Crippen molar-refractivity contribution in [1.82, 2.24) is 5.32 Å². The number of carbonyl (C=O) groups is 2. The van der Waals surface area contributed by atoms with Crippen LogP contribution in [0, 0.1) is 5.82 Å².